The van der Waals surface area contributed by atoms with Crippen LogP contribution in [0.1, 0.15) is 62.2 Å². The molecule has 0 aromatic heterocycles. The predicted octanol–water partition coefficient (Wildman–Crippen LogP) is 5.17. The van der Waals surface area contributed by atoms with E-state index in [2.05, 4.69) is 6.92 Å². The normalized spacial score (nSPS) is 10.5. The van der Waals surface area contributed by atoms with Crippen molar-refractivity contribution in [2.45, 2.75) is 51.9 Å². The molecule has 0 aliphatic rings. The summed E-state index contributed by atoms with van der Waals surface area (Å²) in [5.74, 6) is -0.727. The molecule has 0 bridgehead atoms. The van der Waals surface area contributed by atoms with Crippen LogP contribution in [0.2, 0.25) is 5.02 Å². The molecule has 20 heavy (non-hydrogen) atoms. The van der Waals surface area contributed by atoms with E-state index in [1.54, 1.807) is 12.1 Å². The molecular weight excluding hydrogens is 276 g/mol. The molecule has 1 aromatic rings. The maximum absolute atomic E-state index is 11.1. The molecule has 0 aliphatic heterocycles. The number of para-hydroxylation sites is 1. The Kier molecular flexibility index (Phi) is 8.12. The average Bonchev–Trinajstić information content (AvgIpc) is 2.43. The van der Waals surface area contributed by atoms with E-state index in [9.17, 15) is 4.79 Å². The van der Waals surface area contributed by atoms with E-state index in [4.69, 9.17) is 21.4 Å². The van der Waals surface area contributed by atoms with Crippen molar-refractivity contribution in [3.05, 3.63) is 28.8 Å². The van der Waals surface area contributed by atoms with Crippen molar-refractivity contribution in [3.8, 4) is 5.75 Å². The SMILES string of the molecule is CCCCCCCCCOc1c(Cl)cccc1C(=O)O. The summed E-state index contributed by atoms with van der Waals surface area (Å²) >= 11 is 5.98. The summed E-state index contributed by atoms with van der Waals surface area (Å²) in [6.07, 6.45) is 8.36. The highest BCUT2D eigenvalue weighted by Gasteiger charge is 2.14. The topological polar surface area (TPSA) is 46.5 Å². The highest BCUT2D eigenvalue weighted by molar-refractivity contribution is 6.32. The number of carbonyl (C=O) groups is 1. The van der Waals surface area contributed by atoms with E-state index < -0.39 is 5.97 Å². The van der Waals surface area contributed by atoms with Crippen LogP contribution in [0.25, 0.3) is 0 Å². The van der Waals surface area contributed by atoms with E-state index in [-0.39, 0.29) is 11.3 Å². The molecule has 1 rings (SSSR count). The summed E-state index contributed by atoms with van der Waals surface area (Å²) in [7, 11) is 0. The molecular formula is C16H23ClO3. The number of halogens is 1. The van der Waals surface area contributed by atoms with Gasteiger partial charge in [0.25, 0.3) is 0 Å². The van der Waals surface area contributed by atoms with Gasteiger partial charge in [-0.15, -0.1) is 0 Å². The van der Waals surface area contributed by atoms with Crippen molar-refractivity contribution in [1.82, 2.24) is 0 Å². The van der Waals surface area contributed by atoms with Crippen molar-refractivity contribution in [2.24, 2.45) is 0 Å². The second-order valence-corrected chi connectivity index (χ2v) is 5.30. The third-order valence-corrected chi connectivity index (χ3v) is 3.49. The summed E-state index contributed by atoms with van der Waals surface area (Å²) in [6.45, 7) is 2.72. The quantitative estimate of drug-likeness (QED) is 0.606. The number of ether oxygens (including phenoxy) is 1. The van der Waals surface area contributed by atoms with Crippen molar-refractivity contribution in [2.75, 3.05) is 6.61 Å². The maximum Gasteiger partial charge on any atom is 0.339 e. The van der Waals surface area contributed by atoms with Crippen LogP contribution in [0.3, 0.4) is 0 Å². The van der Waals surface area contributed by atoms with Gasteiger partial charge in [0.1, 0.15) is 5.56 Å². The number of carboxylic acids is 1. The molecule has 112 valence electrons. The van der Waals surface area contributed by atoms with Crippen molar-refractivity contribution in [1.29, 1.82) is 0 Å². The lowest BCUT2D eigenvalue weighted by Crippen LogP contribution is -2.05. The molecule has 3 nitrogen and oxygen atoms in total. The molecule has 1 aromatic carbocycles. The highest BCUT2D eigenvalue weighted by atomic mass is 35.5. The van der Waals surface area contributed by atoms with Gasteiger partial charge in [0.05, 0.1) is 11.6 Å². The van der Waals surface area contributed by atoms with Gasteiger partial charge in [0.2, 0.25) is 0 Å². The molecule has 0 heterocycles. The molecule has 4 heteroatoms. The number of hydrogen-bond acceptors (Lipinski definition) is 2. The lowest BCUT2D eigenvalue weighted by molar-refractivity contribution is 0.0692. The first-order valence-electron chi connectivity index (χ1n) is 7.31. The lowest BCUT2D eigenvalue weighted by atomic mass is 10.1. The molecule has 0 aliphatic carbocycles. The minimum atomic E-state index is -1.01. The molecule has 0 amide bonds. The molecule has 0 atom stereocenters. The largest absolute Gasteiger partial charge is 0.491 e. The van der Waals surface area contributed by atoms with E-state index in [1.165, 1.54) is 38.2 Å². The Bertz CT molecular complexity index is 418. The fourth-order valence-electron chi connectivity index (χ4n) is 2.06. The first kappa shape index (κ1) is 16.8. The second kappa shape index (κ2) is 9.65. The Labute approximate surface area is 125 Å². The minimum Gasteiger partial charge on any atom is -0.491 e. The summed E-state index contributed by atoms with van der Waals surface area (Å²) in [5.41, 5.74) is 0.125. The van der Waals surface area contributed by atoms with Gasteiger partial charge in [-0.1, -0.05) is 63.1 Å². The van der Waals surface area contributed by atoms with Crippen LogP contribution in [-0.2, 0) is 0 Å². The van der Waals surface area contributed by atoms with E-state index in [1.807, 2.05) is 0 Å². The lowest BCUT2D eigenvalue weighted by Gasteiger charge is -2.10. The molecule has 0 fully saturated rings. The van der Waals surface area contributed by atoms with Gasteiger partial charge < -0.3 is 9.84 Å². The van der Waals surface area contributed by atoms with E-state index >= 15 is 0 Å². The number of carboxylic acid groups (broad SMARTS) is 1. The van der Waals surface area contributed by atoms with Crippen LogP contribution >= 0.6 is 11.6 Å². The van der Waals surface area contributed by atoms with Crippen LogP contribution in [-0.4, -0.2) is 17.7 Å². The van der Waals surface area contributed by atoms with Gasteiger partial charge >= 0.3 is 5.97 Å². The second-order valence-electron chi connectivity index (χ2n) is 4.89. The smallest absolute Gasteiger partial charge is 0.339 e. The molecule has 1 N–H and O–H groups in total. The fourth-order valence-corrected chi connectivity index (χ4v) is 2.29. The Morgan fingerprint density at radius 1 is 1.15 bits per heavy atom. The Balaban J connectivity index is 2.30. The monoisotopic (exact) mass is 298 g/mol. The molecule has 0 spiro atoms. The van der Waals surface area contributed by atoms with Crippen molar-refractivity contribution >= 4 is 17.6 Å². The van der Waals surface area contributed by atoms with Crippen LogP contribution in [0.5, 0.6) is 5.75 Å². The molecule has 0 saturated carbocycles. The zero-order chi connectivity index (χ0) is 14.8. The molecule has 0 unspecified atom stereocenters. The highest BCUT2D eigenvalue weighted by Crippen LogP contribution is 2.28. The summed E-state index contributed by atoms with van der Waals surface area (Å²) < 4.78 is 5.54. The average molecular weight is 299 g/mol. The zero-order valence-electron chi connectivity index (χ0n) is 12.0. The third kappa shape index (κ3) is 5.83. The number of aromatic carboxylic acids is 1. The number of unbranched alkanes of at least 4 members (excludes halogenated alkanes) is 6. The Morgan fingerprint density at radius 2 is 1.80 bits per heavy atom. The van der Waals surface area contributed by atoms with Crippen LogP contribution in [0.15, 0.2) is 18.2 Å². The zero-order valence-corrected chi connectivity index (χ0v) is 12.8. The van der Waals surface area contributed by atoms with Crippen LogP contribution in [0, 0.1) is 0 Å². The van der Waals surface area contributed by atoms with Gasteiger partial charge in [-0.2, -0.15) is 0 Å². The van der Waals surface area contributed by atoms with Crippen LogP contribution in [0.4, 0.5) is 0 Å². The Morgan fingerprint density at radius 3 is 2.45 bits per heavy atom. The van der Waals surface area contributed by atoms with Gasteiger partial charge in [-0.25, -0.2) is 4.79 Å². The predicted molar refractivity (Wildman–Crippen MR) is 81.9 cm³/mol. The first-order valence-corrected chi connectivity index (χ1v) is 7.69. The number of hydrogen-bond donors (Lipinski definition) is 1. The number of rotatable bonds is 10. The first-order chi connectivity index (χ1) is 9.66. The van der Waals surface area contributed by atoms with Gasteiger partial charge in [-0.3, -0.25) is 0 Å². The molecule has 0 radical (unpaired) electrons. The van der Waals surface area contributed by atoms with E-state index in [0.29, 0.717) is 11.6 Å². The van der Waals surface area contributed by atoms with Gasteiger partial charge in [-0.05, 0) is 18.6 Å². The summed E-state index contributed by atoms with van der Waals surface area (Å²) in [6, 6.07) is 4.77. The van der Waals surface area contributed by atoms with Crippen molar-refractivity contribution < 1.29 is 14.6 Å². The minimum absolute atomic E-state index is 0.125. The molecule has 0 saturated heterocycles. The van der Waals surface area contributed by atoms with Gasteiger partial charge in [0.15, 0.2) is 5.75 Å². The Hall–Kier alpha value is -1.22. The van der Waals surface area contributed by atoms with Crippen molar-refractivity contribution in [3.63, 3.8) is 0 Å². The fraction of sp³-hybridized carbons (Fsp3) is 0.562. The standard InChI is InChI=1S/C16H23ClO3/c1-2-3-4-5-6-7-8-12-20-15-13(16(18)19)10-9-11-14(15)17/h9-11H,2-8,12H2,1H3,(H,18,19). The summed E-state index contributed by atoms with van der Waals surface area (Å²) in [4.78, 5) is 11.1. The van der Waals surface area contributed by atoms with E-state index in [0.717, 1.165) is 12.8 Å². The number of benzene rings is 1. The van der Waals surface area contributed by atoms with Gasteiger partial charge in [0, 0.05) is 0 Å². The third-order valence-electron chi connectivity index (χ3n) is 3.19. The maximum atomic E-state index is 11.1. The summed E-state index contributed by atoms with van der Waals surface area (Å²) in [5, 5.41) is 9.43. The van der Waals surface area contributed by atoms with Crippen LogP contribution < -0.4 is 4.74 Å².